The van der Waals surface area contributed by atoms with Crippen LogP contribution in [-0.2, 0) is 4.79 Å². The predicted octanol–water partition coefficient (Wildman–Crippen LogP) is 1.36. The zero-order chi connectivity index (χ0) is 9.68. The first-order chi connectivity index (χ1) is 6.20. The Morgan fingerprint density at radius 3 is 2.46 bits per heavy atom. The highest BCUT2D eigenvalue weighted by Gasteiger charge is 2.01. The first kappa shape index (κ1) is 9.48. The average molecular weight is 178 g/mol. The van der Waals surface area contributed by atoms with Crippen molar-refractivity contribution in [3.63, 3.8) is 0 Å². The molecule has 1 rings (SSSR count). The molecule has 0 bridgehead atoms. The van der Waals surface area contributed by atoms with Gasteiger partial charge in [-0.1, -0.05) is 30.3 Å². The summed E-state index contributed by atoms with van der Waals surface area (Å²) in [7, 11) is 0. The summed E-state index contributed by atoms with van der Waals surface area (Å²) in [5.41, 5.74) is 0.681. The van der Waals surface area contributed by atoms with Gasteiger partial charge in [0, 0.05) is 6.08 Å². The highest BCUT2D eigenvalue weighted by Crippen LogP contribution is 2.12. The van der Waals surface area contributed by atoms with Crippen molar-refractivity contribution < 1.29 is 15.0 Å². The van der Waals surface area contributed by atoms with E-state index in [0.717, 1.165) is 6.08 Å². The van der Waals surface area contributed by atoms with Crippen molar-refractivity contribution in [3.8, 4) is 0 Å². The van der Waals surface area contributed by atoms with Crippen molar-refractivity contribution in [1.82, 2.24) is 0 Å². The lowest BCUT2D eigenvalue weighted by molar-refractivity contribution is -0.131. The SMILES string of the molecule is O=C(O)/C=C/[C@H](O)c1ccccc1. The fourth-order valence-corrected chi connectivity index (χ4v) is 0.935. The predicted molar refractivity (Wildman–Crippen MR) is 48.2 cm³/mol. The monoisotopic (exact) mass is 178 g/mol. The van der Waals surface area contributed by atoms with Gasteiger partial charge in [-0.2, -0.15) is 0 Å². The molecule has 0 fully saturated rings. The molecule has 1 atom stereocenters. The molecule has 1 aromatic carbocycles. The van der Waals surface area contributed by atoms with Crippen molar-refractivity contribution >= 4 is 5.97 Å². The lowest BCUT2D eigenvalue weighted by Gasteiger charge is -2.03. The van der Waals surface area contributed by atoms with E-state index in [2.05, 4.69) is 0 Å². The zero-order valence-electron chi connectivity index (χ0n) is 6.92. The molecular formula is C10H10O3. The number of carbonyl (C=O) groups is 1. The fraction of sp³-hybridized carbons (Fsp3) is 0.100. The van der Waals surface area contributed by atoms with E-state index >= 15 is 0 Å². The van der Waals surface area contributed by atoms with E-state index in [-0.39, 0.29) is 0 Å². The van der Waals surface area contributed by atoms with E-state index in [4.69, 9.17) is 5.11 Å². The Kier molecular flexibility index (Phi) is 3.23. The molecule has 3 nitrogen and oxygen atoms in total. The van der Waals surface area contributed by atoms with Gasteiger partial charge in [0.05, 0.1) is 6.10 Å². The molecule has 0 amide bonds. The van der Waals surface area contributed by atoms with Gasteiger partial charge in [0.1, 0.15) is 0 Å². The minimum absolute atomic E-state index is 0.681. The molecule has 0 spiro atoms. The van der Waals surface area contributed by atoms with Crippen LogP contribution in [0.4, 0.5) is 0 Å². The van der Waals surface area contributed by atoms with Gasteiger partial charge in [0.15, 0.2) is 0 Å². The van der Waals surface area contributed by atoms with Gasteiger partial charge in [-0.05, 0) is 11.6 Å². The number of carboxylic acids is 1. The quantitative estimate of drug-likeness (QED) is 0.687. The van der Waals surface area contributed by atoms with Crippen molar-refractivity contribution in [3.05, 3.63) is 48.0 Å². The lowest BCUT2D eigenvalue weighted by Crippen LogP contribution is -1.94. The van der Waals surface area contributed by atoms with Gasteiger partial charge in [-0.25, -0.2) is 4.79 Å². The number of benzene rings is 1. The molecule has 0 heterocycles. The summed E-state index contributed by atoms with van der Waals surface area (Å²) in [5, 5.41) is 17.7. The maximum atomic E-state index is 10.1. The summed E-state index contributed by atoms with van der Waals surface area (Å²) in [5.74, 6) is -1.06. The number of hydrogen-bond donors (Lipinski definition) is 2. The second-order valence-electron chi connectivity index (χ2n) is 2.55. The van der Waals surface area contributed by atoms with E-state index in [1.165, 1.54) is 6.08 Å². The van der Waals surface area contributed by atoms with E-state index in [1.807, 2.05) is 6.07 Å². The molecular weight excluding hydrogens is 168 g/mol. The van der Waals surface area contributed by atoms with Crippen LogP contribution in [0.1, 0.15) is 11.7 Å². The van der Waals surface area contributed by atoms with Gasteiger partial charge in [0.2, 0.25) is 0 Å². The number of rotatable bonds is 3. The number of aliphatic hydroxyl groups excluding tert-OH is 1. The van der Waals surface area contributed by atoms with Crippen LogP contribution in [0.2, 0.25) is 0 Å². The Morgan fingerprint density at radius 2 is 1.92 bits per heavy atom. The Bertz CT molecular complexity index is 303. The minimum Gasteiger partial charge on any atom is -0.478 e. The standard InChI is InChI=1S/C10H10O3/c11-9(6-7-10(12)13)8-4-2-1-3-5-8/h1-7,9,11H,(H,12,13)/b7-6+/t9-/m0/s1. The Balaban J connectivity index is 2.69. The van der Waals surface area contributed by atoms with Gasteiger partial charge < -0.3 is 10.2 Å². The smallest absolute Gasteiger partial charge is 0.328 e. The van der Waals surface area contributed by atoms with E-state index < -0.39 is 12.1 Å². The Morgan fingerprint density at radius 1 is 1.31 bits per heavy atom. The molecule has 68 valence electrons. The van der Waals surface area contributed by atoms with Gasteiger partial charge >= 0.3 is 5.97 Å². The molecule has 1 aromatic rings. The molecule has 3 heteroatoms. The second-order valence-corrected chi connectivity index (χ2v) is 2.55. The molecule has 0 aliphatic rings. The summed E-state index contributed by atoms with van der Waals surface area (Å²) >= 11 is 0. The highest BCUT2D eigenvalue weighted by atomic mass is 16.4. The van der Waals surface area contributed by atoms with Gasteiger partial charge in [-0.3, -0.25) is 0 Å². The maximum absolute atomic E-state index is 10.1. The van der Waals surface area contributed by atoms with Crippen molar-refractivity contribution in [2.45, 2.75) is 6.10 Å². The number of carboxylic acid groups (broad SMARTS) is 1. The Hall–Kier alpha value is -1.61. The van der Waals surface area contributed by atoms with Crippen LogP contribution in [0.3, 0.4) is 0 Å². The number of aliphatic carboxylic acids is 1. The topological polar surface area (TPSA) is 57.5 Å². The number of aliphatic hydroxyl groups is 1. The third-order valence-electron chi connectivity index (χ3n) is 1.56. The van der Waals surface area contributed by atoms with E-state index in [0.29, 0.717) is 5.56 Å². The fourth-order valence-electron chi connectivity index (χ4n) is 0.935. The van der Waals surface area contributed by atoms with E-state index in [1.54, 1.807) is 24.3 Å². The molecule has 0 unspecified atom stereocenters. The van der Waals surface area contributed by atoms with Gasteiger partial charge in [-0.15, -0.1) is 0 Å². The molecule has 0 aliphatic carbocycles. The third kappa shape index (κ3) is 3.09. The van der Waals surface area contributed by atoms with Crippen LogP contribution >= 0.6 is 0 Å². The second kappa shape index (κ2) is 4.42. The van der Waals surface area contributed by atoms with Crippen LogP contribution in [0.5, 0.6) is 0 Å². The third-order valence-corrected chi connectivity index (χ3v) is 1.56. The van der Waals surface area contributed by atoms with Crippen molar-refractivity contribution in [2.75, 3.05) is 0 Å². The maximum Gasteiger partial charge on any atom is 0.328 e. The lowest BCUT2D eigenvalue weighted by atomic mass is 10.1. The van der Waals surface area contributed by atoms with Crippen LogP contribution in [-0.4, -0.2) is 16.2 Å². The first-order valence-corrected chi connectivity index (χ1v) is 3.84. The van der Waals surface area contributed by atoms with Crippen molar-refractivity contribution in [1.29, 1.82) is 0 Å². The molecule has 0 aliphatic heterocycles. The summed E-state index contributed by atoms with van der Waals surface area (Å²) < 4.78 is 0. The van der Waals surface area contributed by atoms with Crippen LogP contribution in [0.15, 0.2) is 42.5 Å². The molecule has 13 heavy (non-hydrogen) atoms. The Labute approximate surface area is 76.0 Å². The van der Waals surface area contributed by atoms with E-state index in [9.17, 15) is 9.90 Å². The minimum atomic E-state index is -1.06. The zero-order valence-corrected chi connectivity index (χ0v) is 6.92. The molecule has 0 saturated carbocycles. The number of hydrogen-bond acceptors (Lipinski definition) is 2. The first-order valence-electron chi connectivity index (χ1n) is 3.84. The molecule has 0 aromatic heterocycles. The average Bonchev–Trinajstić information content (AvgIpc) is 2.15. The highest BCUT2D eigenvalue weighted by molar-refractivity contribution is 5.79. The van der Waals surface area contributed by atoms with Crippen molar-refractivity contribution in [2.24, 2.45) is 0 Å². The molecule has 0 saturated heterocycles. The summed E-state index contributed by atoms with van der Waals surface area (Å²) in [4.78, 5) is 10.1. The molecule has 2 N–H and O–H groups in total. The largest absolute Gasteiger partial charge is 0.478 e. The van der Waals surface area contributed by atoms with Crippen LogP contribution < -0.4 is 0 Å². The summed E-state index contributed by atoms with van der Waals surface area (Å²) in [6.07, 6.45) is 1.31. The summed E-state index contributed by atoms with van der Waals surface area (Å²) in [6, 6.07) is 8.87. The van der Waals surface area contributed by atoms with Crippen LogP contribution in [0, 0.1) is 0 Å². The van der Waals surface area contributed by atoms with Crippen LogP contribution in [0.25, 0.3) is 0 Å². The normalized spacial score (nSPS) is 13.0. The van der Waals surface area contributed by atoms with Gasteiger partial charge in [0.25, 0.3) is 0 Å². The molecule has 0 radical (unpaired) electrons. The summed E-state index contributed by atoms with van der Waals surface area (Å²) in [6.45, 7) is 0.